The van der Waals surface area contributed by atoms with Crippen LogP contribution in [0.1, 0.15) is 26.2 Å². The van der Waals surface area contributed by atoms with Crippen molar-refractivity contribution < 1.29 is 9.53 Å². The molecule has 4 nitrogen and oxygen atoms in total. The van der Waals surface area contributed by atoms with E-state index in [1.807, 2.05) is 6.92 Å². The standard InChI is InChI=1S/C11H20N2O2/c1-11(7-15-6-9(11)12)10(14)13-5-4-8-2-3-8/h8-9H,2-7,12H2,1H3,(H,13,14). The van der Waals surface area contributed by atoms with Crippen LogP contribution in [0, 0.1) is 11.3 Å². The van der Waals surface area contributed by atoms with E-state index >= 15 is 0 Å². The molecule has 86 valence electrons. The van der Waals surface area contributed by atoms with Gasteiger partial charge in [-0.15, -0.1) is 0 Å². The SMILES string of the molecule is CC1(C(=O)NCCC2CC2)COCC1N. The van der Waals surface area contributed by atoms with Crippen molar-refractivity contribution in [2.24, 2.45) is 17.1 Å². The summed E-state index contributed by atoms with van der Waals surface area (Å²) in [6.07, 6.45) is 3.77. The van der Waals surface area contributed by atoms with Gasteiger partial charge >= 0.3 is 0 Å². The van der Waals surface area contributed by atoms with E-state index in [1.54, 1.807) is 0 Å². The smallest absolute Gasteiger partial charge is 0.229 e. The summed E-state index contributed by atoms with van der Waals surface area (Å²) in [6.45, 7) is 3.61. The highest BCUT2D eigenvalue weighted by atomic mass is 16.5. The average molecular weight is 212 g/mol. The number of rotatable bonds is 4. The molecule has 0 aromatic rings. The highest BCUT2D eigenvalue weighted by Crippen LogP contribution is 2.32. The molecule has 2 aliphatic rings. The molecule has 2 atom stereocenters. The lowest BCUT2D eigenvalue weighted by atomic mass is 9.85. The molecule has 1 aliphatic carbocycles. The molecule has 2 unspecified atom stereocenters. The minimum absolute atomic E-state index is 0.0492. The highest BCUT2D eigenvalue weighted by molar-refractivity contribution is 5.83. The van der Waals surface area contributed by atoms with Crippen molar-refractivity contribution in [1.82, 2.24) is 5.32 Å². The first kappa shape index (κ1) is 10.9. The molecule has 1 aliphatic heterocycles. The number of nitrogens with two attached hydrogens (primary N) is 1. The first-order chi connectivity index (χ1) is 7.13. The zero-order valence-corrected chi connectivity index (χ0v) is 9.29. The number of amides is 1. The van der Waals surface area contributed by atoms with Crippen LogP contribution in [0.3, 0.4) is 0 Å². The van der Waals surface area contributed by atoms with Crippen LogP contribution in [-0.4, -0.2) is 31.7 Å². The minimum Gasteiger partial charge on any atom is -0.379 e. The van der Waals surface area contributed by atoms with Crippen LogP contribution in [0.15, 0.2) is 0 Å². The number of nitrogens with one attached hydrogen (secondary N) is 1. The Bertz CT molecular complexity index is 253. The Labute approximate surface area is 90.5 Å². The van der Waals surface area contributed by atoms with E-state index in [-0.39, 0.29) is 11.9 Å². The van der Waals surface area contributed by atoms with Gasteiger partial charge in [-0.05, 0) is 19.3 Å². The molecule has 4 heteroatoms. The molecule has 1 heterocycles. The molecular formula is C11H20N2O2. The lowest BCUT2D eigenvalue weighted by Gasteiger charge is -2.25. The van der Waals surface area contributed by atoms with Crippen LogP contribution in [0.5, 0.6) is 0 Å². The topological polar surface area (TPSA) is 64.3 Å². The Morgan fingerprint density at radius 3 is 2.87 bits per heavy atom. The summed E-state index contributed by atoms with van der Waals surface area (Å²) in [4.78, 5) is 11.9. The van der Waals surface area contributed by atoms with Gasteiger partial charge in [0.15, 0.2) is 0 Å². The first-order valence-corrected chi connectivity index (χ1v) is 5.74. The summed E-state index contributed by atoms with van der Waals surface area (Å²) in [5, 5.41) is 2.97. The van der Waals surface area contributed by atoms with Crippen molar-refractivity contribution >= 4 is 5.91 Å². The molecular weight excluding hydrogens is 192 g/mol. The summed E-state index contributed by atoms with van der Waals surface area (Å²) in [5.41, 5.74) is 5.35. The molecule has 0 bridgehead atoms. The summed E-state index contributed by atoms with van der Waals surface area (Å²) in [7, 11) is 0. The van der Waals surface area contributed by atoms with E-state index in [1.165, 1.54) is 12.8 Å². The second-order valence-electron chi connectivity index (χ2n) is 5.03. The van der Waals surface area contributed by atoms with Crippen LogP contribution in [-0.2, 0) is 9.53 Å². The Morgan fingerprint density at radius 2 is 2.33 bits per heavy atom. The van der Waals surface area contributed by atoms with E-state index < -0.39 is 5.41 Å². The van der Waals surface area contributed by atoms with Crippen LogP contribution in [0.4, 0.5) is 0 Å². The van der Waals surface area contributed by atoms with E-state index in [4.69, 9.17) is 10.5 Å². The Morgan fingerprint density at radius 1 is 1.60 bits per heavy atom. The molecule has 1 amide bonds. The Hall–Kier alpha value is -0.610. The van der Waals surface area contributed by atoms with Gasteiger partial charge in [-0.25, -0.2) is 0 Å². The minimum atomic E-state index is -0.524. The van der Waals surface area contributed by atoms with Gasteiger partial charge in [0.1, 0.15) is 0 Å². The lowest BCUT2D eigenvalue weighted by molar-refractivity contribution is -0.130. The monoisotopic (exact) mass is 212 g/mol. The number of ether oxygens (including phenoxy) is 1. The Kier molecular flexibility index (Phi) is 2.98. The number of carbonyl (C=O) groups is 1. The van der Waals surface area contributed by atoms with Gasteiger partial charge in [-0.3, -0.25) is 4.79 Å². The molecule has 1 saturated heterocycles. The summed E-state index contributed by atoms with van der Waals surface area (Å²) < 4.78 is 5.25. The van der Waals surface area contributed by atoms with Gasteiger partial charge in [-0.1, -0.05) is 12.8 Å². The first-order valence-electron chi connectivity index (χ1n) is 5.74. The molecule has 15 heavy (non-hydrogen) atoms. The van der Waals surface area contributed by atoms with Crippen LogP contribution in [0.2, 0.25) is 0 Å². The molecule has 2 fully saturated rings. The molecule has 0 radical (unpaired) electrons. The third kappa shape index (κ3) is 2.32. The van der Waals surface area contributed by atoms with E-state index in [0.29, 0.717) is 13.2 Å². The Balaban J connectivity index is 1.77. The quantitative estimate of drug-likeness (QED) is 0.703. The average Bonchev–Trinajstić information content (AvgIpc) is 2.95. The van der Waals surface area contributed by atoms with Crippen LogP contribution < -0.4 is 11.1 Å². The largest absolute Gasteiger partial charge is 0.379 e. The van der Waals surface area contributed by atoms with Gasteiger partial charge in [0.2, 0.25) is 5.91 Å². The highest BCUT2D eigenvalue weighted by Gasteiger charge is 2.44. The van der Waals surface area contributed by atoms with Crippen molar-refractivity contribution in [1.29, 1.82) is 0 Å². The van der Waals surface area contributed by atoms with Crippen molar-refractivity contribution in [2.75, 3.05) is 19.8 Å². The molecule has 0 spiro atoms. The van der Waals surface area contributed by atoms with Crippen molar-refractivity contribution in [3.05, 3.63) is 0 Å². The maximum Gasteiger partial charge on any atom is 0.229 e. The molecule has 1 saturated carbocycles. The number of hydrogen-bond acceptors (Lipinski definition) is 3. The lowest BCUT2D eigenvalue weighted by Crippen LogP contribution is -2.50. The molecule has 2 rings (SSSR count). The third-order valence-electron chi connectivity index (χ3n) is 3.57. The molecule has 0 aromatic heterocycles. The molecule has 3 N–H and O–H groups in total. The zero-order chi connectivity index (χ0) is 10.9. The third-order valence-corrected chi connectivity index (χ3v) is 3.57. The van der Waals surface area contributed by atoms with Crippen molar-refractivity contribution in [3.63, 3.8) is 0 Å². The summed E-state index contributed by atoms with van der Waals surface area (Å²) in [6, 6.07) is -0.168. The fourth-order valence-electron chi connectivity index (χ4n) is 1.92. The van der Waals surface area contributed by atoms with Gasteiger partial charge in [0.25, 0.3) is 0 Å². The fraction of sp³-hybridized carbons (Fsp3) is 0.909. The van der Waals surface area contributed by atoms with Gasteiger partial charge < -0.3 is 15.8 Å². The summed E-state index contributed by atoms with van der Waals surface area (Å²) >= 11 is 0. The number of hydrogen-bond donors (Lipinski definition) is 2. The van der Waals surface area contributed by atoms with Crippen LogP contribution in [0.25, 0.3) is 0 Å². The van der Waals surface area contributed by atoms with E-state index in [9.17, 15) is 4.79 Å². The maximum atomic E-state index is 11.9. The van der Waals surface area contributed by atoms with Crippen molar-refractivity contribution in [2.45, 2.75) is 32.2 Å². The predicted octanol–water partition coefficient (Wildman–Crippen LogP) is 0.267. The normalized spacial score (nSPS) is 35.5. The predicted molar refractivity (Wildman–Crippen MR) is 57.3 cm³/mol. The zero-order valence-electron chi connectivity index (χ0n) is 9.29. The van der Waals surface area contributed by atoms with Crippen LogP contribution >= 0.6 is 0 Å². The van der Waals surface area contributed by atoms with E-state index in [0.717, 1.165) is 18.9 Å². The van der Waals surface area contributed by atoms with Gasteiger partial charge in [0.05, 0.1) is 18.6 Å². The fourth-order valence-corrected chi connectivity index (χ4v) is 1.92. The second-order valence-corrected chi connectivity index (χ2v) is 5.03. The van der Waals surface area contributed by atoms with Crippen molar-refractivity contribution in [3.8, 4) is 0 Å². The van der Waals surface area contributed by atoms with E-state index in [2.05, 4.69) is 5.32 Å². The summed E-state index contributed by atoms with van der Waals surface area (Å²) in [5.74, 6) is 0.903. The molecule has 0 aromatic carbocycles. The van der Waals surface area contributed by atoms with Gasteiger partial charge in [-0.2, -0.15) is 0 Å². The maximum absolute atomic E-state index is 11.9. The second kappa shape index (κ2) is 4.10. The number of carbonyl (C=O) groups excluding carboxylic acids is 1. The van der Waals surface area contributed by atoms with Gasteiger partial charge in [0, 0.05) is 12.6 Å².